The highest BCUT2D eigenvalue weighted by molar-refractivity contribution is 6.01. The molecule has 8 aliphatic rings. The maximum absolute atomic E-state index is 17.5. The van der Waals surface area contributed by atoms with E-state index < -0.39 is 142 Å². The molecule has 6 saturated carbocycles. The van der Waals surface area contributed by atoms with E-state index in [1.165, 1.54) is 24.3 Å². The molecule has 6 unspecified atom stereocenters. The molecule has 0 aromatic heterocycles. The molecule has 12 nitrogen and oxygen atoms in total. The van der Waals surface area contributed by atoms with Gasteiger partial charge in [-0.05, 0) is 113 Å². The maximum atomic E-state index is 17.5. The highest BCUT2D eigenvalue weighted by Crippen LogP contribution is 2.73. The summed E-state index contributed by atoms with van der Waals surface area (Å²) in [4.78, 5) is 50.2. The Labute approximate surface area is 361 Å². The molecule has 8 aliphatic carbocycles. The van der Waals surface area contributed by atoms with E-state index in [1.807, 2.05) is 0 Å². The second kappa shape index (κ2) is 14.7. The summed E-state index contributed by atoms with van der Waals surface area (Å²) in [6.07, 6.45) is 3.40. The smallest absolute Gasteiger partial charge is 0.306 e. The van der Waals surface area contributed by atoms with Gasteiger partial charge in [-0.3, -0.25) is 19.2 Å². The first-order chi connectivity index (χ1) is 28.8. The number of carbonyl (C=O) groups excluding carboxylic acids is 4. The number of hydrogen-bond donors (Lipinski definition) is 6. The SMILES string of the molecule is C[C@@H]1CC2C3CCC4=CC(=O)C=C[C@]4(C)[C@@]3(F)[C@@H](O)C[C@]2(C)[C@@]1(O)C(O)COC(=O)CCC(=O)OCC(O)[C@@]1(O)[C@H](C)CC2C3CCC4=CC(=O)C=C[C@]4(C)[C@@]3(F)[C@@H](O)C[C@@]21C. The van der Waals surface area contributed by atoms with Gasteiger partial charge >= 0.3 is 11.9 Å². The third-order valence-corrected chi connectivity index (χ3v) is 19.0. The lowest BCUT2D eigenvalue weighted by atomic mass is 9.44. The molecule has 0 amide bonds. The molecular weight excluding hydrogens is 807 g/mol. The third kappa shape index (κ3) is 5.74. The Morgan fingerprint density at radius 3 is 1.39 bits per heavy atom. The summed E-state index contributed by atoms with van der Waals surface area (Å²) < 4.78 is 45.8. The molecule has 0 aromatic carbocycles. The zero-order chi connectivity index (χ0) is 45.4. The number of rotatable bonds is 9. The van der Waals surface area contributed by atoms with Crippen molar-refractivity contribution >= 4 is 23.5 Å². The van der Waals surface area contributed by atoms with Gasteiger partial charge in [0.2, 0.25) is 0 Å². The van der Waals surface area contributed by atoms with Crippen LogP contribution in [0, 0.1) is 57.2 Å². The minimum atomic E-state index is -2.12. The van der Waals surface area contributed by atoms with Gasteiger partial charge in [0.25, 0.3) is 0 Å². The molecule has 6 fully saturated rings. The summed E-state index contributed by atoms with van der Waals surface area (Å²) in [6, 6.07) is 0. The predicted octanol–water partition coefficient (Wildman–Crippen LogP) is 4.27. The first-order valence-electron chi connectivity index (χ1n) is 22.5. The van der Waals surface area contributed by atoms with E-state index in [2.05, 4.69) is 0 Å². The largest absolute Gasteiger partial charge is 0.463 e. The Hall–Kier alpha value is -3.14. The first kappa shape index (κ1) is 45.4. The van der Waals surface area contributed by atoms with Crippen molar-refractivity contribution in [2.45, 2.75) is 153 Å². The molecule has 0 heterocycles. The summed E-state index contributed by atoms with van der Waals surface area (Å²) in [5.41, 5.74) is -11.5. The van der Waals surface area contributed by atoms with Gasteiger partial charge < -0.3 is 40.1 Å². The van der Waals surface area contributed by atoms with Crippen LogP contribution < -0.4 is 0 Å². The average molecular weight is 871 g/mol. The van der Waals surface area contributed by atoms with E-state index >= 15 is 8.78 Å². The molecular formula is C48H64F2O12. The van der Waals surface area contributed by atoms with Crippen LogP contribution in [0.15, 0.2) is 47.6 Å². The van der Waals surface area contributed by atoms with E-state index in [4.69, 9.17) is 9.47 Å². The number of halogens is 2. The average Bonchev–Trinajstić information content (AvgIpc) is 3.54. The van der Waals surface area contributed by atoms with Crippen LogP contribution in [-0.4, -0.2) is 114 Å². The summed E-state index contributed by atoms with van der Waals surface area (Å²) in [5, 5.41) is 70.9. The Morgan fingerprint density at radius 1 is 0.677 bits per heavy atom. The van der Waals surface area contributed by atoms with Crippen LogP contribution in [0.25, 0.3) is 0 Å². The predicted molar refractivity (Wildman–Crippen MR) is 219 cm³/mol. The molecule has 342 valence electrons. The minimum absolute atomic E-state index is 0.178. The number of ether oxygens (including phenoxy) is 2. The van der Waals surface area contributed by atoms with E-state index in [9.17, 15) is 49.8 Å². The molecule has 18 atom stereocenters. The Balaban J connectivity index is 0.865. The van der Waals surface area contributed by atoms with Crippen molar-refractivity contribution in [1.29, 1.82) is 0 Å². The summed E-state index contributed by atoms with van der Waals surface area (Å²) in [6.45, 7) is 9.12. The maximum Gasteiger partial charge on any atom is 0.306 e. The number of carbonyl (C=O) groups is 4. The molecule has 0 radical (unpaired) electrons. The van der Waals surface area contributed by atoms with E-state index in [0.717, 1.165) is 0 Å². The fraction of sp³-hybridized carbons (Fsp3) is 0.750. The number of ketones is 2. The molecule has 62 heavy (non-hydrogen) atoms. The zero-order valence-electron chi connectivity index (χ0n) is 36.6. The van der Waals surface area contributed by atoms with Crippen molar-refractivity contribution < 1.29 is 68.1 Å². The van der Waals surface area contributed by atoms with Gasteiger partial charge in [-0.25, -0.2) is 8.78 Å². The quantitative estimate of drug-likeness (QED) is 0.180. The van der Waals surface area contributed by atoms with Gasteiger partial charge in [-0.15, -0.1) is 0 Å². The van der Waals surface area contributed by atoms with Crippen molar-refractivity contribution in [3.63, 3.8) is 0 Å². The van der Waals surface area contributed by atoms with Gasteiger partial charge in [0, 0.05) is 33.5 Å². The Kier molecular flexibility index (Phi) is 10.8. The lowest BCUT2D eigenvalue weighted by molar-refractivity contribution is -0.244. The van der Waals surface area contributed by atoms with E-state index in [1.54, 1.807) is 53.7 Å². The van der Waals surface area contributed by atoms with E-state index in [-0.39, 0.29) is 24.4 Å². The van der Waals surface area contributed by atoms with Gasteiger partial charge in [0.05, 0.1) is 25.0 Å². The van der Waals surface area contributed by atoms with Crippen LogP contribution in [0.1, 0.15) is 106 Å². The Bertz CT molecular complexity index is 1910. The molecule has 6 N–H and O–H groups in total. The molecule has 0 bridgehead atoms. The zero-order valence-corrected chi connectivity index (χ0v) is 36.6. The normalized spacial score (nSPS) is 49.8. The summed E-state index contributed by atoms with van der Waals surface area (Å²) >= 11 is 0. The van der Waals surface area contributed by atoms with Gasteiger partial charge in [-0.1, -0.05) is 51.0 Å². The van der Waals surface area contributed by atoms with Crippen molar-refractivity contribution in [3.05, 3.63) is 47.6 Å². The van der Waals surface area contributed by atoms with Crippen molar-refractivity contribution in [1.82, 2.24) is 0 Å². The fourth-order valence-electron chi connectivity index (χ4n) is 15.5. The number of allylic oxidation sites excluding steroid dienone is 8. The Morgan fingerprint density at radius 2 is 1.03 bits per heavy atom. The van der Waals surface area contributed by atoms with Crippen molar-refractivity contribution in [3.8, 4) is 0 Å². The number of alkyl halides is 2. The van der Waals surface area contributed by atoms with Crippen LogP contribution in [0.3, 0.4) is 0 Å². The molecule has 8 rings (SSSR count). The summed E-state index contributed by atoms with van der Waals surface area (Å²) in [7, 11) is 0. The van der Waals surface area contributed by atoms with Gasteiger partial charge in [0.15, 0.2) is 22.9 Å². The second-order valence-electron chi connectivity index (χ2n) is 21.4. The highest BCUT2D eigenvalue weighted by atomic mass is 19.1. The standard InChI is InChI=1S/C48H64F2O12/c1-25-17-33-31-9-7-27-19-29(51)13-15-41(27,3)45(31,49)35(53)21-43(33,5)47(25,59)37(55)23-61-39(57)11-12-40(58)62-24-38(56)48(60)26(2)18-34-32-10-8-28-20-30(52)14-16-42(28,4)46(32,50)36(54)22-44(34,48)6/h13-16,19-20,25-26,31-38,53-56,59-60H,7-12,17-18,21-24H2,1-6H3/t25-,26-,31?,32?,33?,34?,35+,36+,37?,38?,41+,42+,43+,44+,45+,46+,47+,48+/m1/s1. The van der Waals surface area contributed by atoms with Crippen LogP contribution in [-0.2, 0) is 28.7 Å². The molecule has 0 aliphatic heterocycles. The van der Waals surface area contributed by atoms with Crippen molar-refractivity contribution in [2.24, 2.45) is 57.2 Å². The molecule has 0 aromatic rings. The lowest BCUT2D eigenvalue weighted by Crippen LogP contribution is -2.70. The third-order valence-electron chi connectivity index (χ3n) is 19.0. The molecule has 0 saturated heterocycles. The number of esters is 2. The molecule has 14 heteroatoms. The van der Waals surface area contributed by atoms with Gasteiger partial charge in [0.1, 0.15) is 36.6 Å². The number of aliphatic hydroxyl groups is 6. The van der Waals surface area contributed by atoms with Crippen LogP contribution in [0.2, 0.25) is 0 Å². The summed E-state index contributed by atoms with van der Waals surface area (Å²) in [5.74, 6) is -5.60. The first-order valence-corrected chi connectivity index (χ1v) is 22.5. The minimum Gasteiger partial charge on any atom is -0.463 e. The monoisotopic (exact) mass is 870 g/mol. The van der Waals surface area contributed by atoms with Crippen molar-refractivity contribution in [2.75, 3.05) is 13.2 Å². The van der Waals surface area contributed by atoms with Gasteiger partial charge in [-0.2, -0.15) is 0 Å². The highest BCUT2D eigenvalue weighted by Gasteiger charge is 2.77. The topological polar surface area (TPSA) is 208 Å². The number of hydrogen-bond acceptors (Lipinski definition) is 12. The second-order valence-corrected chi connectivity index (χ2v) is 21.4. The molecule has 0 spiro atoms. The number of fused-ring (bicyclic) bond motifs is 10. The van der Waals surface area contributed by atoms with Crippen LogP contribution >= 0.6 is 0 Å². The number of aliphatic hydroxyl groups excluding tert-OH is 4. The van der Waals surface area contributed by atoms with Crippen LogP contribution in [0.5, 0.6) is 0 Å². The van der Waals surface area contributed by atoms with E-state index in [0.29, 0.717) is 49.7 Å². The fourth-order valence-corrected chi connectivity index (χ4v) is 15.5. The van der Waals surface area contributed by atoms with Crippen LogP contribution in [0.4, 0.5) is 8.78 Å². The lowest BCUT2D eigenvalue weighted by Gasteiger charge is -2.63.